The van der Waals surface area contributed by atoms with Gasteiger partial charge in [-0.15, -0.1) is 10.2 Å². The fourth-order valence-corrected chi connectivity index (χ4v) is 3.22. The normalized spacial score (nSPS) is 12.2. The smallest absolute Gasteiger partial charge is 0.237 e. The Hall–Kier alpha value is -2.25. The molecule has 6 nitrogen and oxygen atoms in total. The first-order valence-corrected chi connectivity index (χ1v) is 8.89. The van der Waals surface area contributed by atoms with Crippen LogP contribution in [0.3, 0.4) is 0 Å². The lowest BCUT2D eigenvalue weighted by Gasteiger charge is -2.13. The number of carbonyl (C=O) groups excluding carboxylic acids is 1. The Kier molecular flexibility index (Phi) is 5.15. The van der Waals surface area contributed by atoms with Gasteiger partial charge in [0.05, 0.1) is 11.5 Å². The molecule has 0 aliphatic carbocycles. The first-order valence-electron chi connectivity index (χ1n) is 7.63. The first kappa shape index (κ1) is 17.6. The average molecular weight is 377 g/mol. The number of aromatic nitrogens is 3. The third kappa shape index (κ3) is 3.72. The fourth-order valence-electron chi connectivity index (χ4n) is 2.23. The van der Waals surface area contributed by atoms with Gasteiger partial charge in [-0.1, -0.05) is 29.4 Å². The zero-order valence-corrected chi connectivity index (χ0v) is 15.6. The Morgan fingerprint density at radius 3 is 2.84 bits per heavy atom. The molecular formula is C17H17ClN4O2S. The van der Waals surface area contributed by atoms with Gasteiger partial charge >= 0.3 is 0 Å². The Morgan fingerprint density at radius 2 is 2.12 bits per heavy atom. The minimum absolute atomic E-state index is 0.127. The van der Waals surface area contributed by atoms with Crippen LogP contribution in [0.2, 0.25) is 5.02 Å². The van der Waals surface area contributed by atoms with Gasteiger partial charge in [0.25, 0.3) is 0 Å². The second kappa shape index (κ2) is 7.33. The van der Waals surface area contributed by atoms with Crippen molar-refractivity contribution >= 4 is 35.0 Å². The first-order chi connectivity index (χ1) is 12.0. The molecule has 1 N–H and O–H groups in total. The fraction of sp³-hybridized carbons (Fsp3) is 0.235. The molecule has 1 aromatic carbocycles. The summed E-state index contributed by atoms with van der Waals surface area (Å²) in [6.07, 6.45) is 1.58. The summed E-state index contributed by atoms with van der Waals surface area (Å²) in [5, 5.41) is 12.1. The van der Waals surface area contributed by atoms with Crippen LogP contribution in [-0.4, -0.2) is 25.9 Å². The Morgan fingerprint density at radius 1 is 1.32 bits per heavy atom. The third-order valence-electron chi connectivity index (χ3n) is 3.75. The SMILES string of the molecule is Cc1c(Cl)cccc1NC(=O)C(C)Sc1nnc(-c2ccco2)n1C. The molecule has 0 aliphatic heterocycles. The summed E-state index contributed by atoms with van der Waals surface area (Å²) in [6.45, 7) is 3.69. The van der Waals surface area contributed by atoms with Gasteiger partial charge in [0.2, 0.25) is 5.91 Å². The summed E-state index contributed by atoms with van der Waals surface area (Å²) in [7, 11) is 1.84. The molecule has 0 saturated heterocycles. The van der Waals surface area contributed by atoms with Crippen LogP contribution in [-0.2, 0) is 11.8 Å². The standard InChI is InChI=1S/C17H17ClN4O2S/c1-10-12(18)6-4-7-13(10)19-16(23)11(2)25-17-21-20-15(22(17)3)14-8-5-9-24-14/h4-9,11H,1-3H3,(H,19,23). The lowest BCUT2D eigenvalue weighted by Crippen LogP contribution is -2.23. The van der Waals surface area contributed by atoms with Crippen molar-refractivity contribution in [3.05, 3.63) is 47.2 Å². The molecule has 0 fully saturated rings. The average Bonchev–Trinajstić information content (AvgIpc) is 3.22. The summed E-state index contributed by atoms with van der Waals surface area (Å²) in [5.41, 5.74) is 1.55. The molecule has 0 spiro atoms. The number of anilines is 1. The summed E-state index contributed by atoms with van der Waals surface area (Å²) < 4.78 is 7.15. The number of benzene rings is 1. The molecule has 2 aromatic heterocycles. The van der Waals surface area contributed by atoms with Crippen LogP contribution in [0.15, 0.2) is 46.2 Å². The van der Waals surface area contributed by atoms with E-state index in [1.165, 1.54) is 11.8 Å². The van der Waals surface area contributed by atoms with Crippen molar-refractivity contribution in [1.82, 2.24) is 14.8 Å². The highest BCUT2D eigenvalue weighted by Crippen LogP contribution is 2.28. The molecule has 1 atom stereocenters. The van der Waals surface area contributed by atoms with Crippen molar-refractivity contribution in [2.24, 2.45) is 7.05 Å². The van der Waals surface area contributed by atoms with Gasteiger partial charge in [-0.3, -0.25) is 4.79 Å². The maximum atomic E-state index is 12.5. The highest BCUT2D eigenvalue weighted by molar-refractivity contribution is 8.00. The molecule has 25 heavy (non-hydrogen) atoms. The summed E-state index contributed by atoms with van der Waals surface area (Å²) in [4.78, 5) is 12.5. The Labute approximate surface area is 154 Å². The van der Waals surface area contributed by atoms with E-state index < -0.39 is 0 Å². The number of thioether (sulfide) groups is 1. The van der Waals surface area contributed by atoms with E-state index >= 15 is 0 Å². The molecular weight excluding hydrogens is 360 g/mol. The molecule has 130 valence electrons. The van der Waals surface area contributed by atoms with Gasteiger partial charge in [-0.2, -0.15) is 0 Å². The van der Waals surface area contributed by atoms with E-state index in [9.17, 15) is 4.79 Å². The molecule has 3 aromatic rings. The monoisotopic (exact) mass is 376 g/mol. The number of amides is 1. The van der Waals surface area contributed by atoms with Gasteiger partial charge in [-0.25, -0.2) is 0 Å². The number of furan rings is 1. The highest BCUT2D eigenvalue weighted by atomic mass is 35.5. The molecule has 8 heteroatoms. The van der Waals surface area contributed by atoms with E-state index in [0.717, 1.165) is 5.56 Å². The summed E-state index contributed by atoms with van der Waals surface area (Å²) in [6, 6.07) is 9.03. The van der Waals surface area contributed by atoms with Crippen LogP contribution < -0.4 is 5.32 Å². The molecule has 0 radical (unpaired) electrons. The number of hydrogen-bond acceptors (Lipinski definition) is 5. The van der Waals surface area contributed by atoms with Gasteiger partial charge in [0, 0.05) is 17.8 Å². The predicted molar refractivity (Wildman–Crippen MR) is 98.8 cm³/mol. The maximum absolute atomic E-state index is 12.5. The van der Waals surface area contributed by atoms with E-state index in [1.54, 1.807) is 29.0 Å². The van der Waals surface area contributed by atoms with E-state index in [0.29, 0.717) is 27.5 Å². The zero-order chi connectivity index (χ0) is 18.0. The van der Waals surface area contributed by atoms with Gasteiger partial charge in [0.1, 0.15) is 0 Å². The number of hydrogen-bond donors (Lipinski definition) is 1. The highest BCUT2D eigenvalue weighted by Gasteiger charge is 2.20. The van der Waals surface area contributed by atoms with Gasteiger partial charge in [0.15, 0.2) is 16.7 Å². The minimum Gasteiger partial charge on any atom is -0.461 e. The van der Waals surface area contributed by atoms with E-state index in [1.807, 2.05) is 33.0 Å². The van der Waals surface area contributed by atoms with Crippen molar-refractivity contribution in [1.29, 1.82) is 0 Å². The molecule has 1 amide bonds. The molecule has 2 heterocycles. The zero-order valence-electron chi connectivity index (χ0n) is 14.0. The second-order valence-electron chi connectivity index (χ2n) is 5.50. The van der Waals surface area contributed by atoms with Gasteiger partial charge in [-0.05, 0) is 43.7 Å². The number of carbonyl (C=O) groups is 1. The van der Waals surface area contributed by atoms with Crippen molar-refractivity contribution in [3.63, 3.8) is 0 Å². The van der Waals surface area contributed by atoms with Crippen LogP contribution in [0.5, 0.6) is 0 Å². The maximum Gasteiger partial charge on any atom is 0.237 e. The van der Waals surface area contributed by atoms with E-state index in [4.69, 9.17) is 16.0 Å². The Balaban J connectivity index is 1.71. The molecule has 3 rings (SSSR count). The Bertz CT molecular complexity index is 892. The molecule has 0 aliphatic rings. The lowest BCUT2D eigenvalue weighted by molar-refractivity contribution is -0.115. The molecule has 1 unspecified atom stereocenters. The minimum atomic E-state index is -0.356. The number of nitrogens with one attached hydrogen (secondary N) is 1. The second-order valence-corrected chi connectivity index (χ2v) is 7.22. The summed E-state index contributed by atoms with van der Waals surface area (Å²) in [5.74, 6) is 1.12. The lowest BCUT2D eigenvalue weighted by atomic mass is 10.2. The van der Waals surface area contributed by atoms with E-state index in [2.05, 4.69) is 15.5 Å². The largest absolute Gasteiger partial charge is 0.461 e. The number of rotatable bonds is 5. The van der Waals surface area contributed by atoms with Crippen molar-refractivity contribution in [2.45, 2.75) is 24.3 Å². The van der Waals surface area contributed by atoms with Crippen LogP contribution >= 0.6 is 23.4 Å². The van der Waals surface area contributed by atoms with Crippen LogP contribution in [0.25, 0.3) is 11.6 Å². The van der Waals surface area contributed by atoms with Crippen LogP contribution in [0, 0.1) is 6.92 Å². The van der Waals surface area contributed by atoms with Crippen molar-refractivity contribution < 1.29 is 9.21 Å². The quantitative estimate of drug-likeness (QED) is 0.677. The number of halogens is 1. The molecule has 0 bridgehead atoms. The molecule has 0 saturated carbocycles. The third-order valence-corrected chi connectivity index (χ3v) is 5.30. The van der Waals surface area contributed by atoms with Crippen molar-refractivity contribution in [2.75, 3.05) is 5.32 Å². The summed E-state index contributed by atoms with van der Waals surface area (Å²) >= 11 is 7.42. The predicted octanol–water partition coefficient (Wildman–Crippen LogP) is 4.16. The van der Waals surface area contributed by atoms with Crippen LogP contribution in [0.4, 0.5) is 5.69 Å². The van der Waals surface area contributed by atoms with E-state index in [-0.39, 0.29) is 11.2 Å². The van der Waals surface area contributed by atoms with Crippen LogP contribution in [0.1, 0.15) is 12.5 Å². The van der Waals surface area contributed by atoms with Gasteiger partial charge < -0.3 is 14.3 Å². The number of nitrogens with zero attached hydrogens (tertiary/aromatic N) is 3. The van der Waals surface area contributed by atoms with Crippen molar-refractivity contribution in [3.8, 4) is 11.6 Å². The topological polar surface area (TPSA) is 73.0 Å².